The second kappa shape index (κ2) is 6.25. The Bertz CT molecular complexity index is 288. The third-order valence-electron chi connectivity index (χ3n) is 4.71. The van der Waals surface area contributed by atoms with Crippen LogP contribution in [0.3, 0.4) is 0 Å². The van der Waals surface area contributed by atoms with Crippen LogP contribution in [0.15, 0.2) is 0 Å². The molecule has 2 saturated heterocycles. The van der Waals surface area contributed by atoms with Crippen molar-refractivity contribution in [2.45, 2.75) is 52.0 Å². The molecule has 1 N–H and O–H groups in total. The summed E-state index contributed by atoms with van der Waals surface area (Å²) >= 11 is 0. The monoisotopic (exact) mass is 274 g/mol. The van der Waals surface area contributed by atoms with Gasteiger partial charge in [-0.2, -0.15) is 0 Å². The molecule has 2 unspecified atom stereocenters. The molecular formula is C14H27ClN2O. The van der Waals surface area contributed by atoms with Gasteiger partial charge in [0.15, 0.2) is 0 Å². The maximum absolute atomic E-state index is 12.6. The Morgan fingerprint density at radius 3 is 2.67 bits per heavy atom. The first-order chi connectivity index (χ1) is 8.09. The van der Waals surface area contributed by atoms with E-state index in [0.29, 0.717) is 17.7 Å². The van der Waals surface area contributed by atoms with Crippen LogP contribution in [0.1, 0.15) is 46.5 Å². The molecule has 0 radical (unpaired) electrons. The number of rotatable bonds is 3. The largest absolute Gasteiger partial charge is 0.341 e. The van der Waals surface area contributed by atoms with Gasteiger partial charge in [0.25, 0.3) is 0 Å². The first-order valence-electron chi connectivity index (χ1n) is 7.13. The molecule has 0 aromatic rings. The van der Waals surface area contributed by atoms with Crippen molar-refractivity contribution in [2.24, 2.45) is 11.8 Å². The van der Waals surface area contributed by atoms with E-state index in [1.165, 1.54) is 6.42 Å². The summed E-state index contributed by atoms with van der Waals surface area (Å²) < 4.78 is 0. The number of hydrogen-bond donors (Lipinski definition) is 1. The maximum atomic E-state index is 12.6. The zero-order valence-electron chi connectivity index (χ0n) is 11.9. The molecule has 0 spiro atoms. The smallest absolute Gasteiger partial charge is 0.242 e. The van der Waals surface area contributed by atoms with Crippen LogP contribution in [0.2, 0.25) is 0 Å². The van der Waals surface area contributed by atoms with Gasteiger partial charge in [0.1, 0.15) is 0 Å². The third kappa shape index (κ3) is 2.83. The molecule has 2 rings (SSSR count). The van der Waals surface area contributed by atoms with Crippen LogP contribution in [0, 0.1) is 11.8 Å². The van der Waals surface area contributed by atoms with E-state index in [1.807, 2.05) is 0 Å². The van der Waals surface area contributed by atoms with Crippen molar-refractivity contribution in [3.05, 3.63) is 0 Å². The molecule has 18 heavy (non-hydrogen) atoms. The van der Waals surface area contributed by atoms with Crippen LogP contribution >= 0.6 is 12.4 Å². The fourth-order valence-electron chi connectivity index (χ4n) is 3.26. The summed E-state index contributed by atoms with van der Waals surface area (Å²) in [5.41, 5.74) is -0.230. The molecule has 2 heterocycles. The van der Waals surface area contributed by atoms with Crippen molar-refractivity contribution in [3.8, 4) is 0 Å². The second-order valence-electron chi connectivity index (χ2n) is 6.01. The van der Waals surface area contributed by atoms with E-state index in [9.17, 15) is 4.79 Å². The first-order valence-corrected chi connectivity index (χ1v) is 7.13. The van der Waals surface area contributed by atoms with Crippen molar-refractivity contribution in [1.82, 2.24) is 10.2 Å². The van der Waals surface area contributed by atoms with Gasteiger partial charge in [-0.3, -0.25) is 4.79 Å². The van der Waals surface area contributed by atoms with E-state index in [4.69, 9.17) is 0 Å². The number of nitrogens with one attached hydrogen (secondary N) is 1. The van der Waals surface area contributed by atoms with Crippen LogP contribution in [0.5, 0.6) is 0 Å². The third-order valence-corrected chi connectivity index (χ3v) is 4.71. The van der Waals surface area contributed by atoms with Crippen LogP contribution < -0.4 is 5.32 Å². The van der Waals surface area contributed by atoms with Gasteiger partial charge < -0.3 is 10.2 Å². The molecule has 2 aliphatic rings. The van der Waals surface area contributed by atoms with Gasteiger partial charge in [0.05, 0.1) is 5.54 Å². The molecule has 106 valence electrons. The number of carbonyl (C=O) groups is 1. The fourth-order valence-corrected chi connectivity index (χ4v) is 3.26. The molecule has 0 aliphatic carbocycles. The molecule has 2 aliphatic heterocycles. The zero-order valence-corrected chi connectivity index (χ0v) is 12.7. The predicted octanol–water partition coefficient (Wildman–Crippen LogP) is 2.44. The highest BCUT2D eigenvalue weighted by molar-refractivity contribution is 5.87. The summed E-state index contributed by atoms with van der Waals surface area (Å²) in [5.74, 6) is 1.76. The quantitative estimate of drug-likeness (QED) is 0.857. The van der Waals surface area contributed by atoms with Crippen LogP contribution in [-0.4, -0.2) is 36.0 Å². The van der Waals surface area contributed by atoms with Gasteiger partial charge in [-0.1, -0.05) is 20.8 Å². The minimum atomic E-state index is -0.230. The fraction of sp³-hybridized carbons (Fsp3) is 0.929. The highest BCUT2D eigenvalue weighted by atomic mass is 35.5. The number of likely N-dealkylation sites (tertiary alicyclic amines) is 1. The van der Waals surface area contributed by atoms with Gasteiger partial charge in [0, 0.05) is 13.1 Å². The van der Waals surface area contributed by atoms with Crippen molar-refractivity contribution in [1.29, 1.82) is 0 Å². The Balaban J connectivity index is 0.00000162. The Morgan fingerprint density at radius 2 is 2.22 bits per heavy atom. The van der Waals surface area contributed by atoms with E-state index in [2.05, 4.69) is 31.0 Å². The molecule has 0 saturated carbocycles. The highest BCUT2D eigenvalue weighted by Crippen LogP contribution is 2.30. The summed E-state index contributed by atoms with van der Waals surface area (Å²) in [7, 11) is 0. The molecule has 4 heteroatoms. The van der Waals surface area contributed by atoms with Crippen molar-refractivity contribution >= 4 is 18.3 Å². The van der Waals surface area contributed by atoms with E-state index < -0.39 is 0 Å². The summed E-state index contributed by atoms with van der Waals surface area (Å²) in [6, 6.07) is 0. The van der Waals surface area contributed by atoms with Crippen molar-refractivity contribution < 1.29 is 4.79 Å². The Kier molecular flexibility index (Phi) is 5.47. The Morgan fingerprint density at radius 1 is 1.50 bits per heavy atom. The van der Waals surface area contributed by atoms with Crippen LogP contribution in [0.4, 0.5) is 0 Å². The predicted molar refractivity (Wildman–Crippen MR) is 77.0 cm³/mol. The zero-order chi connectivity index (χ0) is 12.5. The molecule has 2 fully saturated rings. The van der Waals surface area contributed by atoms with E-state index in [1.54, 1.807) is 0 Å². The minimum Gasteiger partial charge on any atom is -0.341 e. The number of carbonyl (C=O) groups excluding carboxylic acids is 1. The lowest BCUT2D eigenvalue weighted by molar-refractivity contribution is -0.137. The summed E-state index contributed by atoms with van der Waals surface area (Å²) in [6.45, 7) is 9.60. The number of amides is 1. The summed E-state index contributed by atoms with van der Waals surface area (Å²) in [4.78, 5) is 14.7. The minimum absolute atomic E-state index is 0. The topological polar surface area (TPSA) is 32.3 Å². The van der Waals surface area contributed by atoms with E-state index in [-0.39, 0.29) is 17.9 Å². The molecule has 0 aromatic heterocycles. The normalized spacial score (nSPS) is 31.8. The van der Waals surface area contributed by atoms with E-state index in [0.717, 1.165) is 38.9 Å². The molecule has 1 amide bonds. The molecular weight excluding hydrogens is 248 g/mol. The molecule has 0 bridgehead atoms. The maximum Gasteiger partial charge on any atom is 0.242 e. The SMILES string of the molecule is CCC1(C(=O)N2CCC(C(C)C)C2)CCCN1.Cl. The molecule has 0 aromatic carbocycles. The summed E-state index contributed by atoms with van der Waals surface area (Å²) in [6.07, 6.45) is 4.27. The van der Waals surface area contributed by atoms with Crippen LogP contribution in [-0.2, 0) is 4.79 Å². The second-order valence-corrected chi connectivity index (χ2v) is 6.01. The van der Waals surface area contributed by atoms with Crippen LogP contribution in [0.25, 0.3) is 0 Å². The lowest BCUT2D eigenvalue weighted by Crippen LogP contribution is -2.54. The number of halogens is 1. The number of hydrogen-bond acceptors (Lipinski definition) is 2. The first kappa shape index (κ1) is 15.8. The lowest BCUT2D eigenvalue weighted by Gasteiger charge is -2.32. The van der Waals surface area contributed by atoms with E-state index >= 15 is 0 Å². The average molecular weight is 275 g/mol. The highest BCUT2D eigenvalue weighted by Gasteiger charge is 2.43. The van der Waals surface area contributed by atoms with Gasteiger partial charge in [-0.15, -0.1) is 12.4 Å². The van der Waals surface area contributed by atoms with Gasteiger partial charge >= 0.3 is 0 Å². The van der Waals surface area contributed by atoms with Gasteiger partial charge in [-0.05, 0) is 44.1 Å². The average Bonchev–Trinajstić information content (AvgIpc) is 2.98. The van der Waals surface area contributed by atoms with Crippen molar-refractivity contribution in [2.75, 3.05) is 19.6 Å². The molecule has 3 nitrogen and oxygen atoms in total. The number of nitrogens with zero attached hydrogens (tertiary/aromatic N) is 1. The standard InChI is InChI=1S/C14H26N2O.ClH/c1-4-14(7-5-8-15-14)13(17)16-9-6-12(10-16)11(2)3;/h11-12,15H,4-10H2,1-3H3;1H. The van der Waals surface area contributed by atoms with Gasteiger partial charge in [0.2, 0.25) is 5.91 Å². The van der Waals surface area contributed by atoms with Gasteiger partial charge in [-0.25, -0.2) is 0 Å². The Hall–Kier alpha value is -0.280. The lowest BCUT2D eigenvalue weighted by atomic mass is 9.92. The van der Waals surface area contributed by atoms with Crippen molar-refractivity contribution in [3.63, 3.8) is 0 Å². The molecule has 2 atom stereocenters. The Labute approximate surface area is 117 Å². The summed E-state index contributed by atoms with van der Waals surface area (Å²) in [5, 5.41) is 3.45.